The van der Waals surface area contributed by atoms with Gasteiger partial charge in [0.25, 0.3) is 0 Å². The summed E-state index contributed by atoms with van der Waals surface area (Å²) >= 11 is 6.09. The lowest BCUT2D eigenvalue weighted by molar-refractivity contribution is 0.736. The van der Waals surface area contributed by atoms with Gasteiger partial charge in [-0.25, -0.2) is 0 Å². The fraction of sp³-hybridized carbons (Fsp3) is 0.429. The van der Waals surface area contributed by atoms with Gasteiger partial charge in [0.2, 0.25) is 0 Å². The van der Waals surface area contributed by atoms with Crippen LogP contribution < -0.4 is 5.32 Å². The van der Waals surface area contributed by atoms with Crippen LogP contribution >= 0.6 is 11.6 Å². The summed E-state index contributed by atoms with van der Waals surface area (Å²) in [6.45, 7) is 5.16. The minimum absolute atomic E-state index is 0.768. The molecular formula is C14H18ClN. The Hall–Kier alpha value is -0.790. The zero-order valence-corrected chi connectivity index (χ0v) is 10.6. The van der Waals surface area contributed by atoms with E-state index in [-0.39, 0.29) is 0 Å². The molecule has 86 valence electrons. The van der Waals surface area contributed by atoms with Gasteiger partial charge >= 0.3 is 0 Å². The SMILES string of the molecule is C/C(=C/c1ccc(C)c(Cl)c1)CNC1CC1. The van der Waals surface area contributed by atoms with Crippen LogP contribution in [0.1, 0.15) is 30.9 Å². The topological polar surface area (TPSA) is 12.0 Å². The normalized spacial score (nSPS) is 16.6. The Kier molecular flexibility index (Phi) is 3.67. The first-order valence-electron chi connectivity index (χ1n) is 5.82. The van der Waals surface area contributed by atoms with E-state index in [4.69, 9.17) is 11.6 Å². The molecule has 0 saturated heterocycles. The van der Waals surface area contributed by atoms with E-state index < -0.39 is 0 Å². The maximum Gasteiger partial charge on any atom is 0.0441 e. The first-order chi connectivity index (χ1) is 7.65. The van der Waals surface area contributed by atoms with Crippen molar-refractivity contribution in [2.45, 2.75) is 32.7 Å². The van der Waals surface area contributed by atoms with Crippen LogP contribution in [0.2, 0.25) is 5.02 Å². The van der Waals surface area contributed by atoms with Gasteiger partial charge in [-0.05, 0) is 43.9 Å². The average molecular weight is 236 g/mol. The lowest BCUT2D eigenvalue weighted by atomic mass is 10.1. The summed E-state index contributed by atoms with van der Waals surface area (Å²) in [6, 6.07) is 6.97. The number of benzene rings is 1. The van der Waals surface area contributed by atoms with E-state index in [1.54, 1.807) is 0 Å². The van der Waals surface area contributed by atoms with Crippen molar-refractivity contribution in [3.8, 4) is 0 Å². The van der Waals surface area contributed by atoms with Crippen LogP contribution in [0.25, 0.3) is 6.08 Å². The minimum atomic E-state index is 0.768. The summed E-state index contributed by atoms with van der Waals surface area (Å²) < 4.78 is 0. The lowest BCUT2D eigenvalue weighted by Crippen LogP contribution is -2.18. The second-order valence-electron chi connectivity index (χ2n) is 4.65. The van der Waals surface area contributed by atoms with E-state index >= 15 is 0 Å². The van der Waals surface area contributed by atoms with Crippen molar-refractivity contribution in [2.24, 2.45) is 0 Å². The van der Waals surface area contributed by atoms with Crippen molar-refractivity contribution in [3.05, 3.63) is 39.9 Å². The molecule has 2 heteroatoms. The highest BCUT2D eigenvalue weighted by molar-refractivity contribution is 6.31. The molecule has 0 radical (unpaired) electrons. The van der Waals surface area contributed by atoms with Crippen molar-refractivity contribution < 1.29 is 0 Å². The van der Waals surface area contributed by atoms with Crippen LogP contribution in [0.15, 0.2) is 23.8 Å². The smallest absolute Gasteiger partial charge is 0.0441 e. The minimum Gasteiger partial charge on any atom is -0.310 e. The molecule has 1 N–H and O–H groups in total. The Labute approximate surface area is 103 Å². The van der Waals surface area contributed by atoms with Gasteiger partial charge < -0.3 is 5.32 Å². The van der Waals surface area contributed by atoms with Gasteiger partial charge in [-0.3, -0.25) is 0 Å². The first kappa shape index (κ1) is 11.7. The first-order valence-corrected chi connectivity index (χ1v) is 6.19. The molecule has 1 saturated carbocycles. The Morgan fingerprint density at radius 1 is 1.50 bits per heavy atom. The van der Waals surface area contributed by atoms with E-state index in [1.807, 2.05) is 13.0 Å². The Bertz CT molecular complexity index is 405. The van der Waals surface area contributed by atoms with Gasteiger partial charge in [0.05, 0.1) is 0 Å². The molecule has 0 heterocycles. The highest BCUT2D eigenvalue weighted by Crippen LogP contribution is 2.20. The zero-order chi connectivity index (χ0) is 11.5. The number of nitrogens with one attached hydrogen (secondary N) is 1. The monoisotopic (exact) mass is 235 g/mol. The van der Waals surface area contributed by atoms with Crippen molar-refractivity contribution in [3.63, 3.8) is 0 Å². The summed E-state index contributed by atoms with van der Waals surface area (Å²) in [7, 11) is 0. The number of aryl methyl sites for hydroxylation is 1. The van der Waals surface area contributed by atoms with E-state index in [0.717, 1.165) is 23.2 Å². The largest absolute Gasteiger partial charge is 0.310 e. The van der Waals surface area contributed by atoms with E-state index in [9.17, 15) is 0 Å². The summed E-state index contributed by atoms with van der Waals surface area (Å²) in [4.78, 5) is 0. The van der Waals surface area contributed by atoms with Gasteiger partial charge in [-0.1, -0.05) is 35.4 Å². The fourth-order valence-electron chi connectivity index (χ4n) is 1.63. The van der Waals surface area contributed by atoms with Crippen LogP contribution in [0, 0.1) is 6.92 Å². The summed E-state index contributed by atoms with van der Waals surface area (Å²) in [6.07, 6.45) is 4.87. The van der Waals surface area contributed by atoms with E-state index in [0.29, 0.717) is 0 Å². The standard InChI is InChI=1S/C14H18ClN/c1-10(9-16-13-5-6-13)7-12-4-3-11(2)14(15)8-12/h3-4,7-8,13,16H,5-6,9H2,1-2H3/b10-7-. The second-order valence-corrected chi connectivity index (χ2v) is 5.06. The molecule has 0 unspecified atom stereocenters. The van der Waals surface area contributed by atoms with Gasteiger partial charge in [-0.2, -0.15) is 0 Å². The third-order valence-corrected chi connectivity index (χ3v) is 3.26. The summed E-state index contributed by atoms with van der Waals surface area (Å²) in [5, 5.41) is 4.35. The van der Waals surface area contributed by atoms with Crippen LogP contribution in [-0.4, -0.2) is 12.6 Å². The molecule has 0 aliphatic heterocycles. The van der Waals surface area contributed by atoms with E-state index in [1.165, 1.54) is 24.0 Å². The Morgan fingerprint density at radius 2 is 2.25 bits per heavy atom. The molecule has 1 nitrogen and oxygen atoms in total. The Balaban J connectivity index is 1.99. The Morgan fingerprint density at radius 3 is 2.88 bits per heavy atom. The maximum atomic E-state index is 6.09. The van der Waals surface area contributed by atoms with E-state index in [2.05, 4.69) is 30.4 Å². The van der Waals surface area contributed by atoms with Gasteiger partial charge in [0, 0.05) is 17.6 Å². The molecule has 0 aromatic heterocycles. The fourth-order valence-corrected chi connectivity index (χ4v) is 1.82. The molecule has 0 bridgehead atoms. The van der Waals surface area contributed by atoms with Crippen LogP contribution in [-0.2, 0) is 0 Å². The van der Waals surface area contributed by atoms with Crippen LogP contribution in [0.4, 0.5) is 0 Å². The number of hydrogen-bond acceptors (Lipinski definition) is 1. The van der Waals surface area contributed by atoms with Crippen molar-refractivity contribution in [1.29, 1.82) is 0 Å². The van der Waals surface area contributed by atoms with Crippen molar-refractivity contribution in [1.82, 2.24) is 5.32 Å². The van der Waals surface area contributed by atoms with Gasteiger partial charge in [0.15, 0.2) is 0 Å². The molecule has 1 aliphatic rings. The summed E-state index contributed by atoms with van der Waals surface area (Å²) in [5.74, 6) is 0. The lowest BCUT2D eigenvalue weighted by Gasteiger charge is -2.04. The highest BCUT2D eigenvalue weighted by Gasteiger charge is 2.19. The number of hydrogen-bond donors (Lipinski definition) is 1. The molecular weight excluding hydrogens is 218 g/mol. The molecule has 0 spiro atoms. The third kappa shape index (κ3) is 3.36. The third-order valence-electron chi connectivity index (χ3n) is 2.86. The van der Waals surface area contributed by atoms with Crippen molar-refractivity contribution in [2.75, 3.05) is 6.54 Å². The predicted molar refractivity (Wildman–Crippen MR) is 70.9 cm³/mol. The molecule has 0 atom stereocenters. The number of halogens is 1. The molecule has 1 aromatic rings. The zero-order valence-electron chi connectivity index (χ0n) is 9.89. The molecule has 2 rings (SSSR count). The predicted octanol–water partition coefficient (Wildman–Crippen LogP) is 3.80. The molecule has 16 heavy (non-hydrogen) atoms. The van der Waals surface area contributed by atoms with Gasteiger partial charge in [0.1, 0.15) is 0 Å². The quantitative estimate of drug-likeness (QED) is 0.837. The molecule has 0 amide bonds. The highest BCUT2D eigenvalue weighted by atomic mass is 35.5. The second kappa shape index (κ2) is 5.03. The van der Waals surface area contributed by atoms with Crippen LogP contribution in [0.5, 0.6) is 0 Å². The molecule has 1 aliphatic carbocycles. The van der Waals surface area contributed by atoms with Crippen molar-refractivity contribution >= 4 is 17.7 Å². The maximum absolute atomic E-state index is 6.09. The van der Waals surface area contributed by atoms with Crippen LogP contribution in [0.3, 0.4) is 0 Å². The molecule has 1 aromatic carbocycles. The van der Waals surface area contributed by atoms with Gasteiger partial charge in [-0.15, -0.1) is 0 Å². The molecule has 1 fully saturated rings. The average Bonchev–Trinajstić information content (AvgIpc) is 3.04. The summed E-state index contributed by atoms with van der Waals surface area (Å²) in [5.41, 5.74) is 3.67. The number of rotatable bonds is 4.